The molecule has 1 atom stereocenters. The third kappa shape index (κ3) is 2.76. The van der Waals surface area contributed by atoms with E-state index in [9.17, 15) is 0 Å². The summed E-state index contributed by atoms with van der Waals surface area (Å²) in [4.78, 5) is 13.0. The van der Waals surface area contributed by atoms with Gasteiger partial charge in [-0.1, -0.05) is 0 Å². The fraction of sp³-hybridized carbons (Fsp3) is 0.375. The largest absolute Gasteiger partial charge is 0.382 e. The molecular weight excluding hydrogens is 306 g/mol. The van der Waals surface area contributed by atoms with Gasteiger partial charge in [-0.15, -0.1) is 5.10 Å². The summed E-state index contributed by atoms with van der Waals surface area (Å²) in [6.07, 6.45) is 7.64. The van der Waals surface area contributed by atoms with Crippen molar-refractivity contribution in [1.29, 1.82) is 0 Å². The fourth-order valence-corrected chi connectivity index (χ4v) is 2.91. The quantitative estimate of drug-likeness (QED) is 0.752. The van der Waals surface area contributed by atoms with Crippen LogP contribution in [0.2, 0.25) is 0 Å². The SMILES string of the molecule is Cc1cnc2c(-c3cc(NCC4CCCO4)ncn3)c(N)nn2c1. The predicted octanol–water partition coefficient (Wildman–Crippen LogP) is 1.67. The third-order valence-corrected chi connectivity index (χ3v) is 4.09. The number of nitrogens with two attached hydrogens (primary N) is 1. The summed E-state index contributed by atoms with van der Waals surface area (Å²) >= 11 is 0. The normalized spacial score (nSPS) is 17.5. The molecule has 0 bridgehead atoms. The molecule has 0 amide bonds. The van der Waals surface area contributed by atoms with Crippen molar-refractivity contribution < 1.29 is 4.74 Å². The Morgan fingerprint density at radius 3 is 3.12 bits per heavy atom. The Morgan fingerprint density at radius 1 is 1.38 bits per heavy atom. The molecule has 0 saturated carbocycles. The first kappa shape index (κ1) is 14.8. The van der Waals surface area contributed by atoms with Crippen LogP contribution in [0, 0.1) is 6.92 Å². The number of nitrogens with one attached hydrogen (secondary N) is 1. The standard InChI is InChI=1S/C16H19N7O/c1-10-6-19-16-14(15(17)22-23(16)8-10)12-5-13(21-9-20-12)18-7-11-3-2-4-24-11/h5-6,8-9,11H,2-4,7H2,1H3,(H2,17,22)(H,18,20,21). The first-order valence-corrected chi connectivity index (χ1v) is 7.99. The first-order chi connectivity index (χ1) is 11.7. The number of aromatic nitrogens is 5. The number of ether oxygens (including phenoxy) is 1. The molecule has 4 heterocycles. The summed E-state index contributed by atoms with van der Waals surface area (Å²) in [6.45, 7) is 3.53. The maximum absolute atomic E-state index is 6.09. The topological polar surface area (TPSA) is 103 Å². The molecule has 8 nitrogen and oxygen atoms in total. The van der Waals surface area contributed by atoms with Crippen molar-refractivity contribution in [3.63, 3.8) is 0 Å². The van der Waals surface area contributed by atoms with Gasteiger partial charge in [-0.3, -0.25) is 0 Å². The highest BCUT2D eigenvalue weighted by molar-refractivity contribution is 5.84. The van der Waals surface area contributed by atoms with Crippen LogP contribution in [0.4, 0.5) is 11.6 Å². The Bertz CT molecular complexity index is 870. The van der Waals surface area contributed by atoms with E-state index < -0.39 is 0 Å². The molecule has 1 saturated heterocycles. The maximum Gasteiger partial charge on any atom is 0.166 e. The highest BCUT2D eigenvalue weighted by Gasteiger charge is 2.17. The molecule has 0 aliphatic carbocycles. The van der Waals surface area contributed by atoms with E-state index in [1.54, 1.807) is 10.7 Å². The van der Waals surface area contributed by atoms with Crippen LogP contribution < -0.4 is 11.1 Å². The van der Waals surface area contributed by atoms with Crippen molar-refractivity contribution in [1.82, 2.24) is 24.6 Å². The summed E-state index contributed by atoms with van der Waals surface area (Å²) < 4.78 is 7.30. The lowest BCUT2D eigenvalue weighted by Gasteiger charge is -2.11. The highest BCUT2D eigenvalue weighted by Crippen LogP contribution is 2.28. The van der Waals surface area contributed by atoms with E-state index >= 15 is 0 Å². The van der Waals surface area contributed by atoms with Gasteiger partial charge in [-0.05, 0) is 25.3 Å². The van der Waals surface area contributed by atoms with Crippen molar-refractivity contribution in [2.24, 2.45) is 0 Å². The van der Waals surface area contributed by atoms with E-state index in [-0.39, 0.29) is 6.10 Å². The van der Waals surface area contributed by atoms with Crippen LogP contribution in [-0.4, -0.2) is 43.8 Å². The van der Waals surface area contributed by atoms with Crippen LogP contribution in [-0.2, 0) is 4.74 Å². The minimum Gasteiger partial charge on any atom is -0.382 e. The average Bonchev–Trinajstić information content (AvgIpc) is 3.19. The van der Waals surface area contributed by atoms with Crippen LogP contribution in [0.1, 0.15) is 18.4 Å². The van der Waals surface area contributed by atoms with Crippen molar-refractivity contribution in [3.8, 4) is 11.3 Å². The van der Waals surface area contributed by atoms with Gasteiger partial charge in [0.25, 0.3) is 0 Å². The lowest BCUT2D eigenvalue weighted by Crippen LogP contribution is -2.19. The molecule has 4 rings (SSSR count). The molecule has 3 aromatic heterocycles. The number of fused-ring (bicyclic) bond motifs is 1. The van der Waals surface area contributed by atoms with Crippen LogP contribution in [0.5, 0.6) is 0 Å². The number of rotatable bonds is 4. The van der Waals surface area contributed by atoms with Crippen LogP contribution in [0.3, 0.4) is 0 Å². The number of hydrogen-bond donors (Lipinski definition) is 2. The smallest absolute Gasteiger partial charge is 0.166 e. The Labute approximate surface area is 139 Å². The monoisotopic (exact) mass is 325 g/mol. The van der Waals surface area contributed by atoms with Crippen molar-refractivity contribution >= 4 is 17.3 Å². The molecule has 3 N–H and O–H groups in total. The van der Waals surface area contributed by atoms with E-state index in [1.165, 1.54) is 6.33 Å². The van der Waals surface area contributed by atoms with Gasteiger partial charge in [0.05, 0.1) is 17.4 Å². The predicted molar refractivity (Wildman–Crippen MR) is 90.6 cm³/mol. The Balaban J connectivity index is 1.64. The summed E-state index contributed by atoms with van der Waals surface area (Å²) in [6, 6.07) is 1.86. The van der Waals surface area contributed by atoms with E-state index in [0.717, 1.165) is 42.9 Å². The molecular formula is C16H19N7O. The van der Waals surface area contributed by atoms with Crippen molar-refractivity contribution in [3.05, 3.63) is 30.4 Å². The van der Waals surface area contributed by atoms with Crippen LogP contribution in [0.25, 0.3) is 16.9 Å². The summed E-state index contributed by atoms with van der Waals surface area (Å²) in [5, 5.41) is 7.62. The highest BCUT2D eigenvalue weighted by atomic mass is 16.5. The van der Waals surface area contributed by atoms with E-state index in [1.807, 2.05) is 19.2 Å². The molecule has 124 valence electrons. The lowest BCUT2D eigenvalue weighted by molar-refractivity contribution is 0.120. The van der Waals surface area contributed by atoms with Gasteiger partial charge < -0.3 is 15.8 Å². The molecule has 8 heteroatoms. The minimum atomic E-state index is 0.245. The second kappa shape index (κ2) is 6.04. The zero-order valence-corrected chi connectivity index (χ0v) is 13.4. The van der Waals surface area contributed by atoms with Gasteiger partial charge in [0, 0.05) is 31.6 Å². The number of hydrogen-bond acceptors (Lipinski definition) is 7. The van der Waals surface area contributed by atoms with Gasteiger partial charge in [-0.25, -0.2) is 19.5 Å². The Morgan fingerprint density at radius 2 is 2.29 bits per heavy atom. The van der Waals surface area contributed by atoms with Gasteiger partial charge in [0.15, 0.2) is 11.5 Å². The van der Waals surface area contributed by atoms with Crippen LogP contribution in [0.15, 0.2) is 24.8 Å². The van der Waals surface area contributed by atoms with Crippen molar-refractivity contribution in [2.75, 3.05) is 24.2 Å². The number of aryl methyl sites for hydroxylation is 1. The molecule has 3 aromatic rings. The van der Waals surface area contributed by atoms with Gasteiger partial charge in [-0.2, -0.15) is 0 Å². The molecule has 1 unspecified atom stereocenters. The fourth-order valence-electron chi connectivity index (χ4n) is 2.91. The van der Waals surface area contributed by atoms with Gasteiger partial charge in [0.1, 0.15) is 12.1 Å². The van der Waals surface area contributed by atoms with E-state index in [2.05, 4.69) is 25.4 Å². The maximum atomic E-state index is 6.09. The molecule has 24 heavy (non-hydrogen) atoms. The lowest BCUT2D eigenvalue weighted by atomic mass is 10.2. The molecule has 0 spiro atoms. The molecule has 0 aromatic carbocycles. The van der Waals surface area contributed by atoms with E-state index in [4.69, 9.17) is 10.5 Å². The summed E-state index contributed by atoms with van der Waals surface area (Å²) in [5.74, 6) is 1.14. The number of nitrogen functional groups attached to an aromatic ring is 1. The van der Waals surface area contributed by atoms with Gasteiger partial charge >= 0.3 is 0 Å². The molecule has 1 fully saturated rings. The molecule has 0 radical (unpaired) electrons. The minimum absolute atomic E-state index is 0.245. The van der Waals surface area contributed by atoms with Crippen molar-refractivity contribution in [2.45, 2.75) is 25.9 Å². The molecule has 1 aliphatic rings. The number of anilines is 2. The number of nitrogens with zero attached hydrogens (tertiary/aromatic N) is 5. The van der Waals surface area contributed by atoms with Crippen LogP contribution >= 0.6 is 0 Å². The average molecular weight is 325 g/mol. The zero-order chi connectivity index (χ0) is 16.5. The van der Waals surface area contributed by atoms with E-state index in [0.29, 0.717) is 17.2 Å². The Hall–Kier alpha value is -2.74. The first-order valence-electron chi connectivity index (χ1n) is 7.99. The molecule has 1 aliphatic heterocycles. The van der Waals surface area contributed by atoms with Gasteiger partial charge in [0.2, 0.25) is 0 Å². The Kier molecular flexibility index (Phi) is 3.73. The zero-order valence-electron chi connectivity index (χ0n) is 13.4. The summed E-state index contributed by atoms with van der Waals surface area (Å²) in [5.41, 5.74) is 9.20. The third-order valence-electron chi connectivity index (χ3n) is 4.09. The second-order valence-corrected chi connectivity index (χ2v) is 5.96. The second-order valence-electron chi connectivity index (χ2n) is 5.96. The summed E-state index contributed by atoms with van der Waals surface area (Å²) in [7, 11) is 0.